The number of H-pyrrole nitrogens is 1. The van der Waals surface area contributed by atoms with E-state index >= 15 is 0 Å². The summed E-state index contributed by atoms with van der Waals surface area (Å²) in [7, 11) is 3.53. The van der Waals surface area contributed by atoms with Gasteiger partial charge in [-0.1, -0.05) is 18.2 Å². The number of imidazole rings is 1. The summed E-state index contributed by atoms with van der Waals surface area (Å²) in [5.41, 5.74) is 0.974. The molecule has 0 saturated carbocycles. The number of halogens is 4. The molecule has 1 aliphatic carbocycles. The van der Waals surface area contributed by atoms with Gasteiger partial charge in [0, 0.05) is 44.8 Å². The zero-order valence-corrected chi connectivity index (χ0v) is 22.6. The maximum absolute atomic E-state index is 13.5. The van der Waals surface area contributed by atoms with Crippen LogP contribution in [0.3, 0.4) is 0 Å². The number of nitrogens with zero attached hydrogens (tertiary/aromatic N) is 3. The molecule has 1 aromatic carbocycles. The van der Waals surface area contributed by atoms with E-state index in [0.717, 1.165) is 24.0 Å². The molecule has 2 aromatic heterocycles. The molecular weight excluding hydrogens is 524 g/mol. The third-order valence-electron chi connectivity index (χ3n) is 7.20. The van der Waals surface area contributed by atoms with E-state index in [4.69, 9.17) is 4.74 Å². The Kier molecular flexibility index (Phi) is 8.88. The summed E-state index contributed by atoms with van der Waals surface area (Å²) in [6, 6.07) is 7.03. The summed E-state index contributed by atoms with van der Waals surface area (Å²) in [6.45, 7) is 2.57. The third-order valence-corrected chi connectivity index (χ3v) is 7.20. The Balaban J connectivity index is 1.38. The number of hydrogen-bond acceptors (Lipinski definition) is 5. The summed E-state index contributed by atoms with van der Waals surface area (Å²) >= 11 is 0. The number of aromatic nitrogens is 3. The molecule has 6 nitrogen and oxygen atoms in total. The maximum atomic E-state index is 13.5. The van der Waals surface area contributed by atoms with Crippen molar-refractivity contribution < 1.29 is 27.1 Å². The van der Waals surface area contributed by atoms with Crippen LogP contribution in [0.15, 0.2) is 72.2 Å². The first kappa shape index (κ1) is 29.2. The highest BCUT2D eigenvalue weighted by Gasteiger charge is 2.31. The van der Waals surface area contributed by atoms with Crippen LogP contribution in [0.25, 0.3) is 22.4 Å². The fourth-order valence-corrected chi connectivity index (χ4v) is 4.69. The van der Waals surface area contributed by atoms with Crippen molar-refractivity contribution in [3.05, 3.63) is 77.8 Å². The molecule has 2 heterocycles. The van der Waals surface area contributed by atoms with Crippen LogP contribution in [0.5, 0.6) is 0 Å². The minimum atomic E-state index is -4.43. The fraction of sp³-hybridized carbons (Fsp3) is 0.367. The molecule has 212 valence electrons. The number of aldehydes is 1. The molecule has 4 rings (SSSR count). The molecule has 40 heavy (non-hydrogen) atoms. The summed E-state index contributed by atoms with van der Waals surface area (Å²) in [5.74, 6) is 0.637. The first-order chi connectivity index (χ1) is 19.0. The number of nitrogens with one attached hydrogen (secondary N) is 1. The average Bonchev–Trinajstić information content (AvgIpc) is 3.26. The summed E-state index contributed by atoms with van der Waals surface area (Å²) in [6.07, 6.45) is 6.79. The standard InChI is InChI=1S/C30H32F4N4O2/c1-29(40-3,17-21(19-39)15-20-5-4-6-24(31)10-7-20)13-14-38(2)27-12-8-22(18-35-27)28-36-25-11-9-23(30(32,33)34)16-26(25)37-28/h4-5,7-12,16,18-19,21H,6,13-15,17H2,1-3H3,(H,36,37). The van der Waals surface area contributed by atoms with Gasteiger partial charge in [-0.2, -0.15) is 13.2 Å². The first-order valence-corrected chi connectivity index (χ1v) is 13.0. The molecule has 0 aliphatic heterocycles. The van der Waals surface area contributed by atoms with E-state index < -0.39 is 17.3 Å². The molecule has 2 atom stereocenters. The van der Waals surface area contributed by atoms with Crippen LogP contribution in [0.2, 0.25) is 0 Å². The lowest BCUT2D eigenvalue weighted by Crippen LogP contribution is -2.35. The van der Waals surface area contributed by atoms with Crippen LogP contribution in [0.4, 0.5) is 23.4 Å². The van der Waals surface area contributed by atoms with E-state index in [-0.39, 0.29) is 18.2 Å². The number of ether oxygens (including phenoxy) is 1. The Hall–Kier alpha value is -3.79. The van der Waals surface area contributed by atoms with Crippen LogP contribution in [-0.2, 0) is 15.7 Å². The number of methoxy groups -OCH3 is 1. The lowest BCUT2D eigenvalue weighted by molar-refractivity contribution is -0.137. The smallest absolute Gasteiger partial charge is 0.378 e. The molecule has 2 unspecified atom stereocenters. The molecular formula is C30H32F4N4O2. The minimum Gasteiger partial charge on any atom is -0.378 e. The van der Waals surface area contributed by atoms with Gasteiger partial charge in [0.15, 0.2) is 0 Å². The van der Waals surface area contributed by atoms with Crippen molar-refractivity contribution in [3.63, 3.8) is 0 Å². The van der Waals surface area contributed by atoms with Gasteiger partial charge in [-0.25, -0.2) is 14.4 Å². The van der Waals surface area contributed by atoms with Gasteiger partial charge < -0.3 is 19.4 Å². The first-order valence-electron chi connectivity index (χ1n) is 13.0. The Bertz CT molecular complexity index is 1430. The predicted octanol–water partition coefficient (Wildman–Crippen LogP) is 7.21. The van der Waals surface area contributed by atoms with Crippen LogP contribution >= 0.6 is 0 Å². The Morgan fingerprint density at radius 3 is 2.67 bits per heavy atom. The predicted molar refractivity (Wildman–Crippen MR) is 147 cm³/mol. The largest absolute Gasteiger partial charge is 0.416 e. The van der Waals surface area contributed by atoms with Gasteiger partial charge in [0.1, 0.15) is 23.8 Å². The number of alkyl halides is 3. The monoisotopic (exact) mass is 556 g/mol. The van der Waals surface area contributed by atoms with E-state index in [9.17, 15) is 22.4 Å². The van der Waals surface area contributed by atoms with E-state index in [2.05, 4.69) is 15.0 Å². The molecule has 3 aromatic rings. The van der Waals surface area contributed by atoms with E-state index in [1.807, 2.05) is 37.1 Å². The average molecular weight is 557 g/mol. The van der Waals surface area contributed by atoms with Gasteiger partial charge in [0.25, 0.3) is 0 Å². The highest BCUT2D eigenvalue weighted by Crippen LogP contribution is 2.32. The Morgan fingerprint density at radius 1 is 1.20 bits per heavy atom. The van der Waals surface area contributed by atoms with Gasteiger partial charge in [0.2, 0.25) is 0 Å². The van der Waals surface area contributed by atoms with Crippen molar-refractivity contribution in [1.29, 1.82) is 0 Å². The number of hydrogen-bond donors (Lipinski definition) is 1. The molecule has 10 heteroatoms. The quantitative estimate of drug-likeness (QED) is 0.200. The molecule has 1 aliphatic rings. The molecule has 0 amide bonds. The van der Waals surface area contributed by atoms with Gasteiger partial charge >= 0.3 is 6.18 Å². The number of rotatable bonds is 11. The van der Waals surface area contributed by atoms with Crippen molar-refractivity contribution in [1.82, 2.24) is 15.0 Å². The van der Waals surface area contributed by atoms with Crippen LogP contribution in [-0.4, -0.2) is 47.5 Å². The molecule has 0 saturated heterocycles. The van der Waals surface area contributed by atoms with E-state index in [1.165, 1.54) is 12.1 Å². The zero-order valence-electron chi connectivity index (χ0n) is 22.6. The van der Waals surface area contributed by atoms with Crippen LogP contribution in [0.1, 0.15) is 38.2 Å². The molecule has 0 spiro atoms. The topological polar surface area (TPSA) is 71.1 Å². The normalized spacial score (nSPS) is 16.2. The SMILES string of the molecule is COC(C)(CCN(C)c1ccc(-c2nc3ccc(C(F)(F)F)cc3[nH]2)cn1)CC(C=O)CC1=CC=C(F)CC=C1. The molecule has 0 fully saturated rings. The number of carbonyl (C=O) groups excluding carboxylic acids is 1. The highest BCUT2D eigenvalue weighted by atomic mass is 19.4. The zero-order chi connectivity index (χ0) is 28.9. The van der Waals surface area contributed by atoms with Gasteiger partial charge in [-0.15, -0.1) is 0 Å². The second-order valence-electron chi connectivity index (χ2n) is 10.3. The number of aromatic amines is 1. The van der Waals surface area contributed by atoms with Gasteiger partial charge in [-0.3, -0.25) is 0 Å². The fourth-order valence-electron chi connectivity index (χ4n) is 4.69. The highest BCUT2D eigenvalue weighted by molar-refractivity contribution is 5.80. The lowest BCUT2D eigenvalue weighted by atomic mass is 9.86. The summed E-state index contributed by atoms with van der Waals surface area (Å²) in [4.78, 5) is 25.7. The number of fused-ring (bicyclic) bond motifs is 1. The van der Waals surface area contributed by atoms with Gasteiger partial charge in [0.05, 0.1) is 22.2 Å². The van der Waals surface area contributed by atoms with E-state index in [1.54, 1.807) is 25.5 Å². The summed E-state index contributed by atoms with van der Waals surface area (Å²) in [5, 5.41) is 0. The Morgan fingerprint density at radius 2 is 2.00 bits per heavy atom. The lowest BCUT2D eigenvalue weighted by Gasteiger charge is -2.32. The number of anilines is 1. The van der Waals surface area contributed by atoms with Gasteiger partial charge in [-0.05, 0) is 68.2 Å². The van der Waals surface area contributed by atoms with Crippen molar-refractivity contribution in [3.8, 4) is 11.4 Å². The number of allylic oxidation sites excluding steroid dienone is 6. The van der Waals surface area contributed by atoms with Crippen molar-refractivity contribution >= 4 is 23.1 Å². The minimum absolute atomic E-state index is 0.211. The van der Waals surface area contributed by atoms with E-state index in [0.29, 0.717) is 54.0 Å². The Labute approximate surface area is 230 Å². The maximum Gasteiger partial charge on any atom is 0.416 e. The van der Waals surface area contributed by atoms with Crippen molar-refractivity contribution in [2.45, 2.75) is 44.4 Å². The van der Waals surface area contributed by atoms with Crippen molar-refractivity contribution in [2.75, 3.05) is 25.6 Å². The molecule has 0 radical (unpaired) electrons. The van der Waals surface area contributed by atoms with Crippen molar-refractivity contribution in [2.24, 2.45) is 5.92 Å². The molecule has 0 bridgehead atoms. The number of benzene rings is 1. The molecule has 1 N–H and O–H groups in total. The third kappa shape index (κ3) is 7.24. The van der Waals surface area contributed by atoms with Crippen LogP contribution < -0.4 is 4.90 Å². The second kappa shape index (κ2) is 12.2. The van der Waals surface area contributed by atoms with Crippen LogP contribution in [0, 0.1) is 5.92 Å². The number of carbonyl (C=O) groups is 1. The number of pyridine rings is 1. The second-order valence-corrected chi connectivity index (χ2v) is 10.3. The summed E-state index contributed by atoms with van der Waals surface area (Å²) < 4.78 is 58.4.